The van der Waals surface area contributed by atoms with E-state index >= 15 is 0 Å². The molecule has 0 saturated heterocycles. The summed E-state index contributed by atoms with van der Waals surface area (Å²) >= 11 is 0. The molecule has 0 aliphatic rings. The molecule has 0 bridgehead atoms. The van der Waals surface area contributed by atoms with E-state index in [1.165, 1.54) is 12.1 Å². The highest BCUT2D eigenvalue weighted by molar-refractivity contribution is 5.77. The molecule has 0 atom stereocenters. The lowest BCUT2D eigenvalue weighted by Crippen LogP contribution is -2.15. The van der Waals surface area contributed by atoms with Crippen molar-refractivity contribution in [2.24, 2.45) is 0 Å². The molecule has 4 nitrogen and oxygen atoms in total. The SMILES string of the molecule is Fc1ccc(/C=C/CNCc2cccnc2-n2cnc3ccccc32)cc1. The zero-order chi connectivity index (χ0) is 18.5. The first-order valence-electron chi connectivity index (χ1n) is 8.80. The number of nitrogens with zero attached hydrogens (tertiary/aromatic N) is 3. The number of hydrogen-bond acceptors (Lipinski definition) is 3. The van der Waals surface area contributed by atoms with Gasteiger partial charge in [-0.2, -0.15) is 0 Å². The van der Waals surface area contributed by atoms with Gasteiger partial charge in [0.05, 0.1) is 11.0 Å². The molecule has 0 aliphatic heterocycles. The minimum atomic E-state index is -0.221. The second-order valence-corrected chi connectivity index (χ2v) is 6.17. The smallest absolute Gasteiger partial charge is 0.142 e. The van der Waals surface area contributed by atoms with E-state index in [0.29, 0.717) is 13.1 Å². The molecule has 2 heterocycles. The number of para-hydroxylation sites is 2. The van der Waals surface area contributed by atoms with E-state index in [2.05, 4.69) is 21.4 Å². The summed E-state index contributed by atoms with van der Waals surface area (Å²) in [6.45, 7) is 1.39. The van der Waals surface area contributed by atoms with Crippen LogP contribution in [0.15, 0.2) is 79.3 Å². The monoisotopic (exact) mass is 358 g/mol. The molecule has 2 aromatic carbocycles. The van der Waals surface area contributed by atoms with Crippen LogP contribution in [0.4, 0.5) is 4.39 Å². The molecular weight excluding hydrogens is 339 g/mol. The number of hydrogen-bond donors (Lipinski definition) is 1. The van der Waals surface area contributed by atoms with Crippen molar-refractivity contribution in [3.63, 3.8) is 0 Å². The van der Waals surface area contributed by atoms with Crippen LogP contribution >= 0.6 is 0 Å². The van der Waals surface area contributed by atoms with Crippen LogP contribution in [0.2, 0.25) is 0 Å². The normalized spacial score (nSPS) is 11.4. The van der Waals surface area contributed by atoms with Gasteiger partial charge in [0.15, 0.2) is 0 Å². The number of halogens is 1. The van der Waals surface area contributed by atoms with E-state index < -0.39 is 0 Å². The Labute approximate surface area is 157 Å². The molecule has 27 heavy (non-hydrogen) atoms. The van der Waals surface area contributed by atoms with Crippen molar-refractivity contribution in [1.82, 2.24) is 19.9 Å². The average Bonchev–Trinajstić information content (AvgIpc) is 3.13. The number of rotatable bonds is 6. The Morgan fingerprint density at radius 3 is 2.70 bits per heavy atom. The summed E-state index contributed by atoms with van der Waals surface area (Å²) in [7, 11) is 0. The summed E-state index contributed by atoms with van der Waals surface area (Å²) in [4.78, 5) is 9.01. The molecule has 134 valence electrons. The van der Waals surface area contributed by atoms with Crippen LogP contribution in [0, 0.1) is 5.82 Å². The first-order valence-corrected chi connectivity index (χ1v) is 8.80. The van der Waals surface area contributed by atoms with Crippen LogP contribution in [0.3, 0.4) is 0 Å². The first kappa shape index (κ1) is 17.1. The minimum absolute atomic E-state index is 0.221. The first-order chi connectivity index (χ1) is 13.3. The highest BCUT2D eigenvalue weighted by Crippen LogP contribution is 2.19. The van der Waals surface area contributed by atoms with Crippen molar-refractivity contribution in [1.29, 1.82) is 0 Å². The molecule has 0 spiro atoms. The third kappa shape index (κ3) is 3.93. The van der Waals surface area contributed by atoms with Gasteiger partial charge in [-0.3, -0.25) is 4.57 Å². The summed E-state index contributed by atoms with van der Waals surface area (Å²) in [6, 6.07) is 18.5. The largest absolute Gasteiger partial charge is 0.309 e. The van der Waals surface area contributed by atoms with Crippen molar-refractivity contribution < 1.29 is 4.39 Å². The standard InChI is InChI=1S/C22H19FN4/c23-19-11-9-17(10-12-19)5-3-13-24-15-18-6-4-14-25-22(18)27-16-26-20-7-1-2-8-21(20)27/h1-12,14,16,24H,13,15H2/b5-3+. The van der Waals surface area contributed by atoms with Crippen LogP contribution in [0.5, 0.6) is 0 Å². The maximum absolute atomic E-state index is 12.9. The number of aromatic nitrogens is 3. The maximum atomic E-state index is 12.9. The van der Waals surface area contributed by atoms with E-state index in [0.717, 1.165) is 28.0 Å². The number of pyridine rings is 1. The minimum Gasteiger partial charge on any atom is -0.309 e. The lowest BCUT2D eigenvalue weighted by Gasteiger charge is -2.10. The highest BCUT2D eigenvalue weighted by atomic mass is 19.1. The lowest BCUT2D eigenvalue weighted by atomic mass is 10.2. The van der Waals surface area contributed by atoms with Gasteiger partial charge in [0.25, 0.3) is 0 Å². The molecule has 4 rings (SSSR count). The molecule has 5 heteroatoms. The van der Waals surface area contributed by atoms with Crippen molar-refractivity contribution >= 4 is 17.1 Å². The topological polar surface area (TPSA) is 42.7 Å². The maximum Gasteiger partial charge on any atom is 0.142 e. The van der Waals surface area contributed by atoms with Crippen LogP contribution in [0.1, 0.15) is 11.1 Å². The van der Waals surface area contributed by atoms with Gasteiger partial charge in [-0.15, -0.1) is 0 Å². The molecule has 0 radical (unpaired) electrons. The number of fused-ring (bicyclic) bond motifs is 1. The van der Waals surface area contributed by atoms with Crippen LogP contribution in [-0.2, 0) is 6.54 Å². The van der Waals surface area contributed by atoms with Crippen LogP contribution in [-0.4, -0.2) is 21.1 Å². The Bertz CT molecular complexity index is 1070. The summed E-state index contributed by atoms with van der Waals surface area (Å²) in [6.07, 6.45) is 7.60. The van der Waals surface area contributed by atoms with E-state index in [9.17, 15) is 4.39 Å². The highest BCUT2D eigenvalue weighted by Gasteiger charge is 2.09. The summed E-state index contributed by atoms with van der Waals surface area (Å²) in [5.41, 5.74) is 4.05. The van der Waals surface area contributed by atoms with Crippen molar-refractivity contribution in [3.05, 3.63) is 96.2 Å². The third-order valence-electron chi connectivity index (χ3n) is 4.31. The Morgan fingerprint density at radius 1 is 0.963 bits per heavy atom. The molecule has 2 aromatic heterocycles. The number of imidazole rings is 1. The van der Waals surface area contributed by atoms with Crippen molar-refractivity contribution in [2.45, 2.75) is 6.54 Å². The van der Waals surface area contributed by atoms with E-state index in [-0.39, 0.29) is 5.82 Å². The average molecular weight is 358 g/mol. The molecule has 0 saturated carbocycles. The van der Waals surface area contributed by atoms with Gasteiger partial charge in [0.2, 0.25) is 0 Å². The Kier molecular flexibility index (Phi) is 5.03. The van der Waals surface area contributed by atoms with E-state index in [1.807, 2.05) is 53.4 Å². The van der Waals surface area contributed by atoms with Gasteiger partial charge in [-0.25, -0.2) is 14.4 Å². The Morgan fingerprint density at radius 2 is 1.81 bits per heavy atom. The summed E-state index contributed by atoms with van der Waals surface area (Å²) in [5, 5.41) is 3.40. The molecule has 0 fully saturated rings. The quantitative estimate of drug-likeness (QED) is 0.521. The van der Waals surface area contributed by atoms with Crippen LogP contribution in [0.25, 0.3) is 22.9 Å². The summed E-state index contributed by atoms with van der Waals surface area (Å²) < 4.78 is 14.9. The predicted molar refractivity (Wildman–Crippen MR) is 106 cm³/mol. The van der Waals surface area contributed by atoms with Crippen molar-refractivity contribution in [2.75, 3.05) is 6.54 Å². The van der Waals surface area contributed by atoms with Crippen LogP contribution < -0.4 is 5.32 Å². The fourth-order valence-corrected chi connectivity index (χ4v) is 2.97. The fourth-order valence-electron chi connectivity index (χ4n) is 2.97. The van der Waals surface area contributed by atoms with Gasteiger partial charge >= 0.3 is 0 Å². The molecule has 0 unspecified atom stereocenters. The van der Waals surface area contributed by atoms with E-state index in [4.69, 9.17) is 0 Å². The third-order valence-corrected chi connectivity index (χ3v) is 4.31. The molecule has 0 aliphatic carbocycles. The number of benzene rings is 2. The van der Waals surface area contributed by atoms with Gasteiger partial charge < -0.3 is 5.32 Å². The van der Waals surface area contributed by atoms with Gasteiger partial charge in [-0.1, -0.05) is 42.5 Å². The second kappa shape index (κ2) is 7.93. The van der Waals surface area contributed by atoms with Gasteiger partial charge in [0, 0.05) is 24.8 Å². The molecular formula is C22H19FN4. The fraction of sp³-hybridized carbons (Fsp3) is 0.0909. The Balaban J connectivity index is 1.45. The number of nitrogens with one attached hydrogen (secondary N) is 1. The summed E-state index contributed by atoms with van der Waals surface area (Å²) in [5.74, 6) is 0.655. The zero-order valence-corrected chi connectivity index (χ0v) is 14.7. The molecule has 1 N–H and O–H groups in total. The van der Waals surface area contributed by atoms with Gasteiger partial charge in [0.1, 0.15) is 18.0 Å². The second-order valence-electron chi connectivity index (χ2n) is 6.17. The predicted octanol–water partition coefficient (Wildman–Crippen LogP) is 4.36. The lowest BCUT2D eigenvalue weighted by molar-refractivity contribution is 0.628. The van der Waals surface area contributed by atoms with E-state index in [1.54, 1.807) is 18.3 Å². The van der Waals surface area contributed by atoms with Crippen molar-refractivity contribution in [3.8, 4) is 5.82 Å². The zero-order valence-electron chi connectivity index (χ0n) is 14.7. The molecule has 4 aromatic rings. The Hall–Kier alpha value is -3.31. The van der Waals surface area contributed by atoms with Gasteiger partial charge in [-0.05, 0) is 35.9 Å². The molecule has 0 amide bonds.